The molecule has 3 N–H and O–H groups in total. The topological polar surface area (TPSA) is 123 Å². The van der Waals surface area contributed by atoms with E-state index in [9.17, 15) is 14.4 Å². The van der Waals surface area contributed by atoms with Crippen LogP contribution in [0.5, 0.6) is 0 Å². The molecule has 192 valence electrons. The van der Waals surface area contributed by atoms with Gasteiger partial charge in [-0.1, -0.05) is 0 Å². The predicted molar refractivity (Wildman–Crippen MR) is 134 cm³/mol. The van der Waals surface area contributed by atoms with Crippen LogP contribution in [0, 0.1) is 17.8 Å². The van der Waals surface area contributed by atoms with Gasteiger partial charge in [-0.05, 0) is 75.8 Å². The lowest BCUT2D eigenvalue weighted by Gasteiger charge is -2.60. The van der Waals surface area contributed by atoms with Gasteiger partial charge in [-0.15, -0.1) is 0 Å². The molecule has 0 aliphatic heterocycles. The highest BCUT2D eigenvalue weighted by Crippen LogP contribution is 2.55. The Kier molecular flexibility index (Phi) is 6.00. The van der Waals surface area contributed by atoms with Crippen LogP contribution in [0.1, 0.15) is 70.2 Å². The second kappa shape index (κ2) is 8.90. The Morgan fingerprint density at radius 2 is 1.81 bits per heavy atom. The molecule has 4 aliphatic rings. The van der Waals surface area contributed by atoms with Gasteiger partial charge in [0.1, 0.15) is 5.56 Å². The monoisotopic (exact) mass is 493 g/mol. The zero-order valence-corrected chi connectivity index (χ0v) is 21.3. The molecule has 2 aromatic heterocycles. The van der Waals surface area contributed by atoms with Crippen molar-refractivity contribution in [1.82, 2.24) is 35.5 Å². The molecule has 36 heavy (non-hydrogen) atoms. The van der Waals surface area contributed by atoms with Gasteiger partial charge in [-0.2, -0.15) is 10.2 Å². The molecule has 2 atom stereocenters. The maximum absolute atomic E-state index is 13.6. The summed E-state index contributed by atoms with van der Waals surface area (Å²) in [6.45, 7) is 6.84. The summed E-state index contributed by atoms with van der Waals surface area (Å²) in [5.41, 5.74) is -0.266. The highest BCUT2D eigenvalue weighted by molar-refractivity contribution is 5.97. The van der Waals surface area contributed by atoms with E-state index in [0.717, 1.165) is 32.1 Å². The molecule has 0 saturated heterocycles. The van der Waals surface area contributed by atoms with Gasteiger partial charge >= 0.3 is 0 Å². The van der Waals surface area contributed by atoms with Crippen molar-refractivity contribution in [3.8, 4) is 5.82 Å². The second-order valence-corrected chi connectivity index (χ2v) is 11.4. The van der Waals surface area contributed by atoms with E-state index in [4.69, 9.17) is 0 Å². The third-order valence-corrected chi connectivity index (χ3v) is 7.88. The smallest absolute Gasteiger partial charge is 0.257 e. The normalized spacial score (nSPS) is 28.9. The molecular weight excluding hydrogens is 458 g/mol. The first kappa shape index (κ1) is 24.3. The number of rotatable bonds is 7. The van der Waals surface area contributed by atoms with Crippen LogP contribution in [0.3, 0.4) is 0 Å². The van der Waals surface area contributed by atoms with Crippen molar-refractivity contribution in [3.63, 3.8) is 0 Å². The Labute approximate surface area is 210 Å². The fraction of sp³-hybridized carbons (Fsp3) is 0.577. The molecule has 10 heteroatoms. The lowest BCUT2D eigenvalue weighted by atomic mass is 9.51. The summed E-state index contributed by atoms with van der Waals surface area (Å²) < 4.78 is 3.23. The molecule has 2 unspecified atom stereocenters. The molecule has 4 bridgehead atoms. The molecule has 2 heterocycles. The van der Waals surface area contributed by atoms with Crippen LogP contribution in [0.25, 0.3) is 12.0 Å². The number of hydrogen-bond donors (Lipinski definition) is 3. The highest BCUT2D eigenvalue weighted by Gasteiger charge is 2.56. The molecule has 0 aromatic carbocycles. The first-order valence-electron chi connectivity index (χ1n) is 12.7. The van der Waals surface area contributed by atoms with Crippen molar-refractivity contribution in [2.24, 2.45) is 17.8 Å². The Morgan fingerprint density at radius 3 is 2.42 bits per heavy atom. The standard InChI is InChI=1S/C26H35N7O3/c1-16(34)30-25(3,4)6-9-33-24(32-8-5-7-27-32)21(15-28-33)23(36)29-22-19-10-18-11-20(22)14-26(12-18,13-19)31-17(2)35/h5-9,15,18-20,22H,10-14H2,1-4H3,(H,29,36)(H,30,34)(H,31,35). The van der Waals surface area contributed by atoms with E-state index >= 15 is 0 Å². The SMILES string of the molecule is CC(=O)NC(C)(C)C=Cn1ncc(C(=O)NC2C3CC4CC2CC(NC(C)=O)(C4)C3)c1-n1cccn1. The summed E-state index contributed by atoms with van der Waals surface area (Å²) in [6.07, 6.45) is 13.6. The number of hydrogen-bond acceptors (Lipinski definition) is 5. The van der Waals surface area contributed by atoms with Crippen LogP contribution in [-0.4, -0.2) is 54.4 Å². The maximum atomic E-state index is 13.6. The number of nitrogens with one attached hydrogen (secondary N) is 3. The minimum absolute atomic E-state index is 0.0311. The van der Waals surface area contributed by atoms with Gasteiger partial charge in [-0.3, -0.25) is 14.4 Å². The molecule has 3 amide bonds. The summed E-state index contributed by atoms with van der Waals surface area (Å²) in [4.78, 5) is 37.0. The summed E-state index contributed by atoms with van der Waals surface area (Å²) >= 11 is 0. The van der Waals surface area contributed by atoms with Crippen molar-refractivity contribution in [2.75, 3.05) is 0 Å². The van der Waals surface area contributed by atoms with E-state index in [1.54, 1.807) is 47.1 Å². The van der Waals surface area contributed by atoms with E-state index in [2.05, 4.69) is 26.1 Å². The summed E-state index contributed by atoms with van der Waals surface area (Å²) in [6, 6.07) is 1.88. The fourth-order valence-corrected chi connectivity index (χ4v) is 7.02. The quantitative estimate of drug-likeness (QED) is 0.546. The largest absolute Gasteiger partial charge is 0.351 e. The van der Waals surface area contributed by atoms with E-state index < -0.39 is 5.54 Å². The van der Waals surface area contributed by atoms with Gasteiger partial charge in [0.25, 0.3) is 5.91 Å². The van der Waals surface area contributed by atoms with Gasteiger partial charge in [0.15, 0.2) is 5.82 Å². The van der Waals surface area contributed by atoms with Crippen molar-refractivity contribution >= 4 is 23.9 Å². The van der Waals surface area contributed by atoms with E-state index in [-0.39, 0.29) is 29.3 Å². The summed E-state index contributed by atoms with van der Waals surface area (Å²) in [7, 11) is 0. The average Bonchev–Trinajstić information content (AvgIpc) is 3.42. The van der Waals surface area contributed by atoms with Crippen LogP contribution in [0.4, 0.5) is 0 Å². The van der Waals surface area contributed by atoms with Crippen molar-refractivity contribution in [1.29, 1.82) is 0 Å². The zero-order valence-electron chi connectivity index (χ0n) is 21.3. The summed E-state index contributed by atoms with van der Waals surface area (Å²) in [5.74, 6) is 1.58. The van der Waals surface area contributed by atoms with Crippen molar-refractivity contribution in [3.05, 3.63) is 36.3 Å². The molecule has 4 aliphatic carbocycles. The van der Waals surface area contributed by atoms with Crippen LogP contribution in [0.15, 0.2) is 30.7 Å². The van der Waals surface area contributed by atoms with Crippen LogP contribution < -0.4 is 16.0 Å². The van der Waals surface area contributed by atoms with E-state index in [1.807, 2.05) is 19.9 Å². The molecule has 10 nitrogen and oxygen atoms in total. The first-order valence-corrected chi connectivity index (χ1v) is 12.7. The van der Waals surface area contributed by atoms with Gasteiger partial charge in [-0.25, -0.2) is 9.36 Å². The Morgan fingerprint density at radius 1 is 1.08 bits per heavy atom. The van der Waals surface area contributed by atoms with Gasteiger partial charge < -0.3 is 16.0 Å². The predicted octanol–water partition coefficient (Wildman–Crippen LogP) is 2.27. The number of nitrogens with zero attached hydrogens (tertiary/aromatic N) is 4. The van der Waals surface area contributed by atoms with Gasteiger partial charge in [0.2, 0.25) is 11.8 Å². The lowest BCUT2D eigenvalue weighted by Crippen LogP contribution is -2.66. The minimum Gasteiger partial charge on any atom is -0.351 e. The van der Waals surface area contributed by atoms with Crippen LogP contribution in [-0.2, 0) is 9.59 Å². The second-order valence-electron chi connectivity index (χ2n) is 11.4. The van der Waals surface area contributed by atoms with E-state index in [1.165, 1.54) is 6.92 Å². The van der Waals surface area contributed by atoms with Gasteiger partial charge in [0, 0.05) is 44.0 Å². The van der Waals surface area contributed by atoms with Crippen molar-refractivity contribution in [2.45, 2.75) is 76.9 Å². The Bertz CT molecular complexity index is 1180. The number of carbonyl (C=O) groups is 3. The van der Waals surface area contributed by atoms with Gasteiger partial charge in [0.05, 0.1) is 11.7 Å². The number of carbonyl (C=O) groups excluding carboxylic acids is 3. The third-order valence-electron chi connectivity index (χ3n) is 7.88. The lowest BCUT2D eigenvalue weighted by molar-refractivity contribution is -0.125. The molecule has 0 spiro atoms. The Hall–Kier alpha value is -3.43. The molecule has 4 saturated carbocycles. The molecule has 0 radical (unpaired) electrons. The molecule has 2 aromatic rings. The molecular formula is C26H35N7O3. The third kappa shape index (κ3) is 4.68. The summed E-state index contributed by atoms with van der Waals surface area (Å²) in [5, 5.41) is 18.3. The number of amides is 3. The minimum atomic E-state index is -0.591. The first-order chi connectivity index (χ1) is 17.0. The maximum Gasteiger partial charge on any atom is 0.257 e. The number of aromatic nitrogens is 4. The van der Waals surface area contributed by atoms with Crippen LogP contribution >= 0.6 is 0 Å². The van der Waals surface area contributed by atoms with Crippen molar-refractivity contribution < 1.29 is 14.4 Å². The zero-order chi connectivity index (χ0) is 25.7. The van der Waals surface area contributed by atoms with Crippen LogP contribution in [0.2, 0.25) is 0 Å². The highest BCUT2D eigenvalue weighted by atomic mass is 16.2. The van der Waals surface area contributed by atoms with E-state index in [0.29, 0.717) is 29.1 Å². The molecule has 4 fully saturated rings. The fourth-order valence-electron chi connectivity index (χ4n) is 7.02. The Balaban J connectivity index is 1.38. The average molecular weight is 494 g/mol. The molecule has 6 rings (SSSR count).